The maximum atomic E-state index is 12.1. The Kier molecular flexibility index (Phi) is 5.13. The average Bonchev–Trinajstić information content (AvgIpc) is 2.49. The second-order valence-electron chi connectivity index (χ2n) is 7.06. The third-order valence-corrected chi connectivity index (χ3v) is 4.21. The molecule has 1 aliphatic heterocycles. The molecule has 9 heteroatoms. The Morgan fingerprint density at radius 2 is 1.55 bits per heavy atom. The fourth-order valence-corrected chi connectivity index (χ4v) is 3.30. The number of nitrogens with one attached hydrogen (secondary N) is 1. The molecule has 1 heterocycles. The molecule has 1 atom stereocenters. The number of hydrogen-bond donors (Lipinski definition) is 1. The Balaban J connectivity index is 2.87. The molecule has 0 spiro atoms. The van der Waals surface area contributed by atoms with E-state index in [2.05, 4.69) is 5.43 Å². The molecule has 8 nitrogen and oxygen atoms in total. The van der Waals surface area contributed by atoms with Gasteiger partial charge in [-0.1, -0.05) is 4.41 Å². The molecule has 1 amide bonds. The van der Waals surface area contributed by atoms with Crippen molar-refractivity contribution in [1.82, 2.24) is 9.84 Å². The minimum Gasteiger partial charge on any atom is -0.459 e. The summed E-state index contributed by atoms with van der Waals surface area (Å²) >= 11 is 0. The molecule has 0 saturated carbocycles. The smallest absolute Gasteiger partial charge is 0.423 e. The molecule has 1 N–H and O–H groups in total. The van der Waals surface area contributed by atoms with E-state index in [1.807, 2.05) is 0 Å². The van der Waals surface area contributed by atoms with Crippen molar-refractivity contribution in [1.29, 1.82) is 0 Å². The van der Waals surface area contributed by atoms with Crippen LogP contribution in [0.4, 0.5) is 4.79 Å². The summed E-state index contributed by atoms with van der Waals surface area (Å²) in [5, 5.41) is 0. The van der Waals surface area contributed by atoms with Gasteiger partial charge >= 0.3 is 12.1 Å². The zero-order chi connectivity index (χ0) is 17.3. The number of sulfonamides is 1. The molecule has 1 rings (SSSR count). The van der Waals surface area contributed by atoms with E-state index >= 15 is 0 Å². The summed E-state index contributed by atoms with van der Waals surface area (Å²) < 4.78 is 34.8. The summed E-state index contributed by atoms with van der Waals surface area (Å²) in [4.78, 5) is 23.9. The van der Waals surface area contributed by atoms with Gasteiger partial charge in [0.05, 0.1) is 5.75 Å². The number of ether oxygens (including phenoxy) is 2. The Labute approximate surface area is 131 Å². The van der Waals surface area contributed by atoms with Crippen LogP contribution in [0.2, 0.25) is 0 Å². The fourth-order valence-electron chi connectivity index (χ4n) is 1.79. The van der Waals surface area contributed by atoms with Crippen LogP contribution in [0.25, 0.3) is 0 Å². The van der Waals surface area contributed by atoms with E-state index < -0.39 is 39.3 Å². The lowest BCUT2D eigenvalue weighted by molar-refractivity contribution is -0.159. The van der Waals surface area contributed by atoms with E-state index in [1.165, 1.54) is 0 Å². The minimum atomic E-state index is -3.77. The lowest BCUT2D eigenvalue weighted by Crippen LogP contribution is -2.52. The lowest BCUT2D eigenvalue weighted by atomic mass is 10.2. The normalized spacial score (nSPS) is 22.2. The maximum Gasteiger partial charge on any atom is 0.423 e. The minimum absolute atomic E-state index is 0.0487. The van der Waals surface area contributed by atoms with Crippen LogP contribution in [0.5, 0.6) is 0 Å². The molecule has 0 bridgehead atoms. The number of amides is 1. The van der Waals surface area contributed by atoms with Gasteiger partial charge in [0.1, 0.15) is 17.2 Å². The second kappa shape index (κ2) is 6.04. The zero-order valence-corrected chi connectivity index (χ0v) is 14.6. The molecule has 1 fully saturated rings. The summed E-state index contributed by atoms with van der Waals surface area (Å²) in [5.41, 5.74) is 0.594. The van der Waals surface area contributed by atoms with Crippen molar-refractivity contribution in [2.75, 3.05) is 5.75 Å². The predicted molar refractivity (Wildman–Crippen MR) is 79.2 cm³/mol. The van der Waals surface area contributed by atoms with Crippen LogP contribution >= 0.6 is 0 Å². The van der Waals surface area contributed by atoms with Crippen molar-refractivity contribution in [3.8, 4) is 0 Å². The van der Waals surface area contributed by atoms with Gasteiger partial charge in [0, 0.05) is 0 Å². The molecule has 128 valence electrons. The monoisotopic (exact) mass is 336 g/mol. The van der Waals surface area contributed by atoms with Gasteiger partial charge in [-0.05, 0) is 48.0 Å². The molecular weight excluding hydrogens is 312 g/mol. The molecule has 0 unspecified atom stereocenters. The highest BCUT2D eigenvalue weighted by molar-refractivity contribution is 7.89. The Morgan fingerprint density at radius 1 is 1.05 bits per heavy atom. The van der Waals surface area contributed by atoms with Crippen LogP contribution in [-0.2, 0) is 24.3 Å². The standard InChI is InChI=1S/C13H24N2O6S/c1-12(2,3)20-10(16)9-7-8-22(18,19)15(9)14-11(17)21-13(4,5)6/h9H,7-8H2,1-6H3,(H,14,17)/t9-/m1/s1. The van der Waals surface area contributed by atoms with Crippen LogP contribution in [0.3, 0.4) is 0 Å². The summed E-state index contributed by atoms with van der Waals surface area (Å²) in [6.07, 6.45) is -0.890. The van der Waals surface area contributed by atoms with Gasteiger partial charge in [0.2, 0.25) is 10.0 Å². The van der Waals surface area contributed by atoms with E-state index in [0.717, 1.165) is 0 Å². The van der Waals surface area contributed by atoms with Crippen molar-refractivity contribution < 1.29 is 27.5 Å². The first-order valence-corrected chi connectivity index (χ1v) is 8.57. The number of rotatable bonds is 2. The first-order chi connectivity index (χ1) is 9.71. The average molecular weight is 336 g/mol. The molecule has 0 aromatic heterocycles. The van der Waals surface area contributed by atoms with Gasteiger partial charge in [-0.15, -0.1) is 0 Å². The number of nitrogens with zero attached hydrogens (tertiary/aromatic N) is 1. The van der Waals surface area contributed by atoms with E-state index in [4.69, 9.17) is 9.47 Å². The highest BCUT2D eigenvalue weighted by Crippen LogP contribution is 2.22. The topological polar surface area (TPSA) is 102 Å². The second-order valence-corrected chi connectivity index (χ2v) is 9.03. The molecule has 0 radical (unpaired) electrons. The van der Waals surface area contributed by atoms with Gasteiger partial charge in [-0.2, -0.15) is 0 Å². The van der Waals surface area contributed by atoms with Crippen LogP contribution in [-0.4, -0.2) is 47.9 Å². The molecule has 0 aliphatic carbocycles. The fraction of sp³-hybridized carbons (Fsp3) is 0.846. The highest BCUT2D eigenvalue weighted by Gasteiger charge is 2.45. The number of carbonyl (C=O) groups excluding carboxylic acids is 2. The molecule has 0 aromatic rings. The number of esters is 1. The molecule has 0 aromatic carbocycles. The van der Waals surface area contributed by atoms with E-state index in [-0.39, 0.29) is 12.2 Å². The zero-order valence-electron chi connectivity index (χ0n) is 13.8. The van der Waals surface area contributed by atoms with Gasteiger partial charge in [-0.25, -0.2) is 18.6 Å². The Bertz CT molecular complexity index is 544. The molecule has 1 aliphatic rings. The van der Waals surface area contributed by atoms with Gasteiger partial charge in [0.25, 0.3) is 0 Å². The van der Waals surface area contributed by atoms with Gasteiger partial charge in [0.15, 0.2) is 0 Å². The van der Waals surface area contributed by atoms with Crippen molar-refractivity contribution in [2.24, 2.45) is 0 Å². The van der Waals surface area contributed by atoms with Crippen LogP contribution in [0.1, 0.15) is 48.0 Å². The Morgan fingerprint density at radius 3 is 2.00 bits per heavy atom. The third kappa shape index (κ3) is 5.45. The first-order valence-electron chi connectivity index (χ1n) is 6.96. The molecule has 1 saturated heterocycles. The summed E-state index contributed by atoms with van der Waals surface area (Å²) in [7, 11) is -3.77. The largest absolute Gasteiger partial charge is 0.459 e. The maximum absolute atomic E-state index is 12.1. The van der Waals surface area contributed by atoms with Crippen LogP contribution < -0.4 is 5.43 Å². The van der Waals surface area contributed by atoms with Crippen molar-refractivity contribution in [2.45, 2.75) is 65.2 Å². The van der Waals surface area contributed by atoms with Crippen molar-refractivity contribution >= 4 is 22.1 Å². The van der Waals surface area contributed by atoms with Gasteiger partial charge in [-0.3, -0.25) is 4.79 Å². The van der Waals surface area contributed by atoms with E-state index in [9.17, 15) is 18.0 Å². The summed E-state index contributed by atoms with van der Waals surface area (Å²) in [6, 6.07) is -1.09. The lowest BCUT2D eigenvalue weighted by Gasteiger charge is -2.27. The molecule has 22 heavy (non-hydrogen) atoms. The number of hydrogen-bond acceptors (Lipinski definition) is 6. The third-order valence-electron chi connectivity index (χ3n) is 2.51. The Hall–Kier alpha value is -1.35. The van der Waals surface area contributed by atoms with Gasteiger partial charge < -0.3 is 9.47 Å². The quantitative estimate of drug-likeness (QED) is 0.760. The summed E-state index contributed by atoms with van der Waals surface area (Å²) in [5.74, 6) is -0.947. The SMILES string of the molecule is CC(C)(C)OC(=O)NN1[C@@H](C(=O)OC(C)(C)C)CCS1(=O)=O. The number of hydrazine groups is 1. The van der Waals surface area contributed by atoms with Crippen LogP contribution in [0.15, 0.2) is 0 Å². The summed E-state index contributed by atoms with van der Waals surface area (Å²) in [6.45, 7) is 9.99. The number of carbonyl (C=O) groups is 2. The van der Waals surface area contributed by atoms with E-state index in [0.29, 0.717) is 4.41 Å². The van der Waals surface area contributed by atoms with Crippen molar-refractivity contribution in [3.63, 3.8) is 0 Å². The first kappa shape index (κ1) is 18.7. The van der Waals surface area contributed by atoms with Crippen LogP contribution in [0, 0.1) is 0 Å². The highest BCUT2D eigenvalue weighted by atomic mass is 32.2. The van der Waals surface area contributed by atoms with Crippen molar-refractivity contribution in [3.05, 3.63) is 0 Å². The molecular formula is C13H24N2O6S. The predicted octanol–water partition coefficient (Wildman–Crippen LogP) is 1.17. The van der Waals surface area contributed by atoms with E-state index in [1.54, 1.807) is 41.5 Å².